The number of nitrogens with one attached hydrogen (secondary N) is 1. The summed E-state index contributed by atoms with van der Waals surface area (Å²) >= 11 is 1.39. The lowest BCUT2D eigenvalue weighted by molar-refractivity contribution is -0.114. The van der Waals surface area contributed by atoms with Crippen molar-refractivity contribution in [2.45, 2.75) is 18.7 Å². The van der Waals surface area contributed by atoms with Crippen LogP contribution in [0.4, 0.5) is 0 Å². The number of carbonyl (C=O) groups excluding carboxylic acids is 1. The van der Waals surface area contributed by atoms with E-state index in [4.69, 9.17) is 5.26 Å². The van der Waals surface area contributed by atoms with Crippen LogP contribution in [-0.4, -0.2) is 19.3 Å². The second-order valence-corrected chi connectivity index (χ2v) is 7.59. The second kappa shape index (κ2) is 6.73. The minimum Gasteiger partial charge on any atom is -0.269 e. The SMILES string of the molecule is Cc1ncc(C=CC(=O)NS(=O)(=O)c2cc(C#N)ccc2C)s1. The van der Waals surface area contributed by atoms with Gasteiger partial charge in [-0.15, -0.1) is 11.3 Å². The summed E-state index contributed by atoms with van der Waals surface area (Å²) in [6, 6.07) is 6.15. The molecule has 2 aromatic rings. The Labute approximate surface area is 138 Å². The smallest absolute Gasteiger partial charge is 0.264 e. The molecule has 6 nitrogen and oxygen atoms in total. The van der Waals surface area contributed by atoms with Gasteiger partial charge < -0.3 is 0 Å². The van der Waals surface area contributed by atoms with Gasteiger partial charge in [-0.3, -0.25) is 4.79 Å². The monoisotopic (exact) mass is 347 g/mol. The van der Waals surface area contributed by atoms with Crippen LogP contribution in [0, 0.1) is 25.2 Å². The zero-order valence-corrected chi connectivity index (χ0v) is 14.0. The number of amides is 1. The molecule has 1 amide bonds. The van der Waals surface area contributed by atoms with Crippen molar-refractivity contribution in [1.82, 2.24) is 9.71 Å². The Morgan fingerprint density at radius 3 is 2.74 bits per heavy atom. The van der Waals surface area contributed by atoms with E-state index in [1.54, 1.807) is 13.1 Å². The third kappa shape index (κ3) is 4.25. The van der Waals surface area contributed by atoms with E-state index in [0.717, 1.165) is 16.0 Å². The Morgan fingerprint density at radius 1 is 1.39 bits per heavy atom. The molecule has 118 valence electrons. The molecule has 0 atom stereocenters. The van der Waals surface area contributed by atoms with Gasteiger partial charge in [-0.05, 0) is 37.6 Å². The fourth-order valence-corrected chi connectivity index (χ4v) is 3.70. The number of hydrogen-bond acceptors (Lipinski definition) is 6. The molecule has 0 saturated heterocycles. The Morgan fingerprint density at radius 2 is 2.13 bits per heavy atom. The molecule has 1 N–H and O–H groups in total. The normalized spacial score (nSPS) is 11.3. The number of thiazole rings is 1. The maximum atomic E-state index is 12.3. The molecule has 0 spiro atoms. The van der Waals surface area contributed by atoms with E-state index in [0.29, 0.717) is 5.56 Å². The van der Waals surface area contributed by atoms with E-state index >= 15 is 0 Å². The van der Waals surface area contributed by atoms with E-state index in [2.05, 4.69) is 4.98 Å². The average Bonchev–Trinajstić information content (AvgIpc) is 2.90. The highest BCUT2D eigenvalue weighted by Crippen LogP contribution is 2.17. The average molecular weight is 347 g/mol. The van der Waals surface area contributed by atoms with Crippen LogP contribution in [0.3, 0.4) is 0 Å². The number of aryl methyl sites for hydroxylation is 2. The van der Waals surface area contributed by atoms with Crippen LogP contribution in [-0.2, 0) is 14.8 Å². The Bertz CT molecular complexity index is 922. The van der Waals surface area contributed by atoms with Crippen molar-refractivity contribution in [2.75, 3.05) is 0 Å². The van der Waals surface area contributed by atoms with Gasteiger partial charge in [0.1, 0.15) is 0 Å². The highest BCUT2D eigenvalue weighted by atomic mass is 32.2. The molecular formula is C15H13N3O3S2. The summed E-state index contributed by atoms with van der Waals surface area (Å²) in [6.45, 7) is 3.42. The van der Waals surface area contributed by atoms with Crippen molar-refractivity contribution in [3.05, 3.63) is 51.5 Å². The third-order valence-electron chi connectivity index (χ3n) is 2.88. The summed E-state index contributed by atoms with van der Waals surface area (Å²) in [4.78, 5) is 16.5. The van der Waals surface area contributed by atoms with E-state index in [1.807, 2.05) is 17.7 Å². The summed E-state index contributed by atoms with van der Waals surface area (Å²) in [5.41, 5.74) is 0.658. The van der Waals surface area contributed by atoms with Gasteiger partial charge in [0.15, 0.2) is 0 Å². The van der Waals surface area contributed by atoms with E-state index in [9.17, 15) is 13.2 Å². The van der Waals surface area contributed by atoms with Crippen molar-refractivity contribution >= 4 is 33.3 Å². The van der Waals surface area contributed by atoms with Gasteiger partial charge in [-0.1, -0.05) is 6.07 Å². The molecule has 0 unspecified atom stereocenters. The van der Waals surface area contributed by atoms with Crippen molar-refractivity contribution in [1.29, 1.82) is 5.26 Å². The number of aromatic nitrogens is 1. The highest BCUT2D eigenvalue weighted by Gasteiger charge is 2.19. The first-order chi connectivity index (χ1) is 10.8. The molecule has 23 heavy (non-hydrogen) atoms. The summed E-state index contributed by atoms with van der Waals surface area (Å²) in [5.74, 6) is -0.766. The van der Waals surface area contributed by atoms with Crippen LogP contribution < -0.4 is 4.72 Å². The van der Waals surface area contributed by atoms with Crippen LogP contribution in [0.2, 0.25) is 0 Å². The topological polar surface area (TPSA) is 99.9 Å². The molecule has 0 fully saturated rings. The molecule has 0 radical (unpaired) electrons. The number of rotatable bonds is 4. The minimum absolute atomic E-state index is 0.0908. The van der Waals surface area contributed by atoms with E-state index in [1.165, 1.54) is 35.6 Å². The number of nitriles is 1. The molecule has 1 aromatic heterocycles. The van der Waals surface area contributed by atoms with Crippen molar-refractivity contribution in [3.8, 4) is 6.07 Å². The molecule has 2 rings (SSSR count). The largest absolute Gasteiger partial charge is 0.269 e. The van der Waals surface area contributed by atoms with Gasteiger partial charge in [0, 0.05) is 17.2 Å². The Hall–Kier alpha value is -2.50. The van der Waals surface area contributed by atoms with Crippen LogP contribution in [0.5, 0.6) is 0 Å². The molecule has 0 bridgehead atoms. The quantitative estimate of drug-likeness (QED) is 0.854. The van der Waals surface area contributed by atoms with E-state index in [-0.39, 0.29) is 10.5 Å². The Balaban J connectivity index is 2.19. The zero-order valence-electron chi connectivity index (χ0n) is 12.4. The van der Waals surface area contributed by atoms with Crippen LogP contribution in [0.1, 0.15) is 21.0 Å². The summed E-state index contributed by atoms with van der Waals surface area (Å²) in [7, 11) is -4.04. The van der Waals surface area contributed by atoms with Crippen molar-refractivity contribution in [3.63, 3.8) is 0 Å². The predicted octanol–water partition coefficient (Wildman–Crippen LogP) is 2.15. The lowest BCUT2D eigenvalue weighted by atomic mass is 10.2. The summed E-state index contributed by atoms with van der Waals surface area (Å²) in [6.07, 6.45) is 4.22. The number of sulfonamides is 1. The van der Waals surface area contributed by atoms with Gasteiger partial charge >= 0.3 is 0 Å². The zero-order chi connectivity index (χ0) is 17.0. The summed E-state index contributed by atoms with van der Waals surface area (Å²) < 4.78 is 26.5. The van der Waals surface area contributed by atoms with Crippen molar-refractivity contribution in [2.24, 2.45) is 0 Å². The predicted molar refractivity (Wildman–Crippen MR) is 87.1 cm³/mol. The molecular weight excluding hydrogens is 334 g/mol. The maximum absolute atomic E-state index is 12.3. The fourth-order valence-electron chi connectivity index (χ4n) is 1.79. The third-order valence-corrected chi connectivity index (χ3v) is 5.25. The van der Waals surface area contributed by atoms with Crippen LogP contribution in [0.15, 0.2) is 35.4 Å². The molecule has 1 heterocycles. The van der Waals surface area contributed by atoms with Gasteiger partial charge in [0.25, 0.3) is 15.9 Å². The van der Waals surface area contributed by atoms with Gasteiger partial charge in [0.2, 0.25) is 0 Å². The standard InChI is InChI=1S/C15H13N3O3S2/c1-10-3-4-12(8-16)7-14(10)23(20,21)18-15(19)6-5-13-9-17-11(2)22-13/h3-7,9H,1-2H3,(H,18,19). The van der Waals surface area contributed by atoms with Gasteiger partial charge in [0.05, 0.1) is 21.5 Å². The summed E-state index contributed by atoms with van der Waals surface area (Å²) in [5, 5.41) is 9.71. The van der Waals surface area contributed by atoms with Gasteiger partial charge in [-0.2, -0.15) is 5.26 Å². The van der Waals surface area contributed by atoms with E-state index < -0.39 is 15.9 Å². The first-order valence-electron chi connectivity index (χ1n) is 6.50. The molecule has 0 aliphatic heterocycles. The maximum Gasteiger partial charge on any atom is 0.264 e. The van der Waals surface area contributed by atoms with Crippen LogP contribution >= 0.6 is 11.3 Å². The number of benzene rings is 1. The lowest BCUT2D eigenvalue weighted by Gasteiger charge is -2.08. The Kier molecular flexibility index (Phi) is 4.93. The second-order valence-electron chi connectivity index (χ2n) is 4.68. The van der Waals surface area contributed by atoms with Crippen molar-refractivity contribution < 1.29 is 13.2 Å². The molecule has 0 aliphatic rings. The minimum atomic E-state index is -4.04. The fraction of sp³-hybridized carbons (Fsp3) is 0.133. The van der Waals surface area contributed by atoms with Crippen LogP contribution in [0.25, 0.3) is 6.08 Å². The molecule has 0 saturated carbocycles. The first-order valence-corrected chi connectivity index (χ1v) is 8.80. The molecule has 1 aromatic carbocycles. The highest BCUT2D eigenvalue weighted by molar-refractivity contribution is 7.90. The number of hydrogen-bond donors (Lipinski definition) is 1. The first kappa shape index (κ1) is 16.9. The lowest BCUT2D eigenvalue weighted by Crippen LogP contribution is -2.29. The van der Waals surface area contributed by atoms with Gasteiger partial charge in [-0.25, -0.2) is 18.1 Å². The number of nitrogens with zero attached hydrogens (tertiary/aromatic N) is 2. The molecule has 8 heteroatoms. The number of carbonyl (C=O) groups is 1. The molecule has 0 aliphatic carbocycles.